The van der Waals surface area contributed by atoms with Crippen LogP contribution in [0.3, 0.4) is 0 Å². The summed E-state index contributed by atoms with van der Waals surface area (Å²) in [6.07, 6.45) is 4.82. The third kappa shape index (κ3) is 3.62. The van der Waals surface area contributed by atoms with Gasteiger partial charge in [-0.1, -0.05) is 18.7 Å². The lowest BCUT2D eigenvalue weighted by Crippen LogP contribution is -2.52. The van der Waals surface area contributed by atoms with Gasteiger partial charge in [-0.05, 0) is 49.4 Å². The first kappa shape index (κ1) is 16.8. The Hall–Kier alpha value is -2.56. The zero-order chi connectivity index (χ0) is 16.9. The number of rotatable bonds is 7. The van der Waals surface area contributed by atoms with Gasteiger partial charge < -0.3 is 15.2 Å². The van der Waals surface area contributed by atoms with Crippen LogP contribution in [-0.4, -0.2) is 18.5 Å². The fraction of sp³-hybridized carbons (Fsp3) is 0.333. The van der Waals surface area contributed by atoms with Crippen molar-refractivity contribution >= 4 is 17.6 Å². The highest BCUT2D eigenvalue weighted by molar-refractivity contribution is 6.02. The quantitative estimate of drug-likeness (QED) is 0.275. The molecule has 0 saturated heterocycles. The minimum absolute atomic E-state index is 0.0713. The minimum atomic E-state index is -1.24. The number of nitrogen functional groups attached to an aromatic ring is 1. The van der Waals surface area contributed by atoms with E-state index in [1.54, 1.807) is 30.3 Å². The molecule has 0 aromatic heterocycles. The summed E-state index contributed by atoms with van der Waals surface area (Å²) in [6, 6.07) is 6.45. The first-order valence-corrected chi connectivity index (χ1v) is 7.48. The van der Waals surface area contributed by atoms with E-state index in [0.717, 1.165) is 6.42 Å². The van der Waals surface area contributed by atoms with Crippen molar-refractivity contribution in [1.82, 2.24) is 0 Å². The zero-order valence-corrected chi connectivity index (χ0v) is 13.0. The van der Waals surface area contributed by atoms with Gasteiger partial charge in [-0.3, -0.25) is 9.59 Å². The predicted octanol–water partition coefficient (Wildman–Crippen LogP) is 2.88. The first-order valence-electron chi connectivity index (χ1n) is 7.48. The van der Waals surface area contributed by atoms with E-state index in [9.17, 15) is 9.59 Å². The van der Waals surface area contributed by atoms with Gasteiger partial charge in [-0.2, -0.15) is 0 Å². The summed E-state index contributed by atoms with van der Waals surface area (Å²) < 4.78 is 10.5. The molecule has 5 nitrogen and oxygen atoms in total. The molecule has 0 spiro atoms. The minimum Gasteiger partial charge on any atom is -0.461 e. The maximum Gasteiger partial charge on any atom is 0.328 e. The molecule has 2 rings (SSSR count). The Labute approximate surface area is 135 Å². The lowest BCUT2D eigenvalue weighted by atomic mass is 9.61. The number of anilines is 1. The molecule has 1 fully saturated rings. The molecule has 2 N–H and O–H groups in total. The molecule has 122 valence electrons. The molecular formula is C18H21NO4. The Balaban J connectivity index is 2.11. The predicted molar refractivity (Wildman–Crippen MR) is 87.6 cm³/mol. The van der Waals surface area contributed by atoms with Crippen LogP contribution in [0.15, 0.2) is 49.6 Å². The Morgan fingerprint density at radius 3 is 2.39 bits per heavy atom. The van der Waals surface area contributed by atoms with Gasteiger partial charge in [0.2, 0.25) is 0 Å². The largest absolute Gasteiger partial charge is 0.461 e. The molecule has 1 aliphatic rings. The molecule has 1 aromatic carbocycles. The number of nitrogens with two attached hydrogens (primary N) is 1. The molecule has 0 radical (unpaired) electrons. The topological polar surface area (TPSA) is 78.6 Å². The number of carbonyl (C=O) groups is 2. The van der Waals surface area contributed by atoms with Crippen LogP contribution < -0.4 is 10.5 Å². The molecule has 0 aliphatic heterocycles. The lowest BCUT2D eigenvalue weighted by Gasteiger charge is -2.42. The van der Waals surface area contributed by atoms with Crippen molar-refractivity contribution in [2.45, 2.75) is 19.3 Å². The molecule has 1 saturated carbocycles. The van der Waals surface area contributed by atoms with Crippen LogP contribution >= 0.6 is 0 Å². The molecule has 0 amide bonds. The van der Waals surface area contributed by atoms with Crippen molar-refractivity contribution in [3.63, 3.8) is 0 Å². The van der Waals surface area contributed by atoms with Crippen LogP contribution in [0, 0.1) is 11.3 Å². The van der Waals surface area contributed by atoms with Crippen LogP contribution in [0.4, 0.5) is 5.69 Å². The molecule has 23 heavy (non-hydrogen) atoms. The van der Waals surface area contributed by atoms with E-state index < -0.39 is 17.4 Å². The number of allylic oxidation sites excluding steroid dienone is 1. The molecule has 0 unspecified atom stereocenters. The van der Waals surface area contributed by atoms with E-state index in [1.165, 1.54) is 6.08 Å². The fourth-order valence-electron chi connectivity index (χ4n) is 2.76. The lowest BCUT2D eigenvalue weighted by molar-refractivity contribution is -0.177. The van der Waals surface area contributed by atoms with Crippen molar-refractivity contribution in [2.24, 2.45) is 11.3 Å². The highest BCUT2D eigenvalue weighted by Crippen LogP contribution is 2.49. The summed E-state index contributed by atoms with van der Waals surface area (Å²) >= 11 is 0. The molecule has 1 aliphatic carbocycles. The van der Waals surface area contributed by atoms with Gasteiger partial charge in [0.1, 0.15) is 12.4 Å². The van der Waals surface area contributed by atoms with Crippen molar-refractivity contribution in [3.05, 3.63) is 49.6 Å². The van der Waals surface area contributed by atoms with Gasteiger partial charge in [-0.15, -0.1) is 6.58 Å². The average molecular weight is 315 g/mol. The van der Waals surface area contributed by atoms with Gasteiger partial charge in [-0.25, -0.2) is 0 Å². The zero-order valence-electron chi connectivity index (χ0n) is 13.0. The second-order valence-electron chi connectivity index (χ2n) is 5.73. The number of hydrogen-bond donors (Lipinski definition) is 1. The van der Waals surface area contributed by atoms with Gasteiger partial charge in [0.25, 0.3) is 0 Å². The van der Waals surface area contributed by atoms with Crippen LogP contribution in [0.1, 0.15) is 19.3 Å². The van der Waals surface area contributed by atoms with E-state index >= 15 is 0 Å². The SMILES string of the molecule is C=CCOC(=O)C1(C(=O)Oc2ccc(N)cc2)CC(CC=C)C1. The van der Waals surface area contributed by atoms with Crippen molar-refractivity contribution in [2.75, 3.05) is 12.3 Å². The van der Waals surface area contributed by atoms with Crippen molar-refractivity contribution < 1.29 is 19.1 Å². The van der Waals surface area contributed by atoms with E-state index in [0.29, 0.717) is 24.3 Å². The third-order valence-electron chi connectivity index (χ3n) is 3.98. The molecule has 0 bridgehead atoms. The molecular weight excluding hydrogens is 294 g/mol. The normalized spacial score (nSPS) is 22.5. The maximum atomic E-state index is 12.6. The maximum absolute atomic E-state index is 12.6. The van der Waals surface area contributed by atoms with Gasteiger partial charge in [0, 0.05) is 5.69 Å². The van der Waals surface area contributed by atoms with Crippen LogP contribution in [-0.2, 0) is 14.3 Å². The Kier molecular flexibility index (Phi) is 5.21. The summed E-state index contributed by atoms with van der Waals surface area (Å²) in [7, 11) is 0. The highest BCUT2D eigenvalue weighted by atomic mass is 16.6. The number of ether oxygens (including phenoxy) is 2. The van der Waals surface area contributed by atoms with Gasteiger partial charge >= 0.3 is 11.9 Å². The molecule has 0 heterocycles. The second-order valence-corrected chi connectivity index (χ2v) is 5.73. The average Bonchev–Trinajstić information content (AvgIpc) is 2.50. The van der Waals surface area contributed by atoms with Crippen LogP contribution in [0.25, 0.3) is 0 Å². The van der Waals surface area contributed by atoms with E-state index in [2.05, 4.69) is 13.2 Å². The summed E-state index contributed by atoms with van der Waals surface area (Å²) in [5.41, 5.74) is 4.93. The molecule has 0 atom stereocenters. The van der Waals surface area contributed by atoms with E-state index in [1.807, 2.05) is 0 Å². The number of carbonyl (C=O) groups excluding carboxylic acids is 2. The Morgan fingerprint density at radius 1 is 1.17 bits per heavy atom. The van der Waals surface area contributed by atoms with Gasteiger partial charge in [0.05, 0.1) is 0 Å². The highest BCUT2D eigenvalue weighted by Gasteiger charge is 2.58. The summed E-state index contributed by atoms with van der Waals surface area (Å²) in [5, 5.41) is 0. The number of benzene rings is 1. The van der Waals surface area contributed by atoms with Crippen LogP contribution in [0.5, 0.6) is 5.75 Å². The van der Waals surface area contributed by atoms with E-state index in [4.69, 9.17) is 15.2 Å². The first-order chi connectivity index (χ1) is 11.0. The molecule has 5 heteroatoms. The van der Waals surface area contributed by atoms with E-state index in [-0.39, 0.29) is 12.5 Å². The Bertz CT molecular complexity index is 600. The smallest absolute Gasteiger partial charge is 0.328 e. The monoisotopic (exact) mass is 315 g/mol. The fourth-order valence-corrected chi connectivity index (χ4v) is 2.76. The summed E-state index contributed by atoms with van der Waals surface area (Å²) in [5.74, 6) is -0.551. The third-order valence-corrected chi connectivity index (χ3v) is 3.98. The second kappa shape index (κ2) is 7.13. The number of hydrogen-bond acceptors (Lipinski definition) is 5. The summed E-state index contributed by atoms with van der Waals surface area (Å²) in [6.45, 7) is 7.26. The Morgan fingerprint density at radius 2 is 1.83 bits per heavy atom. The van der Waals surface area contributed by atoms with Crippen LogP contribution in [0.2, 0.25) is 0 Å². The number of esters is 2. The van der Waals surface area contributed by atoms with Crippen molar-refractivity contribution in [1.29, 1.82) is 0 Å². The van der Waals surface area contributed by atoms with Crippen molar-refractivity contribution in [3.8, 4) is 5.75 Å². The molecule has 1 aromatic rings. The standard InChI is InChI=1S/C18H21NO4/c1-3-5-13-11-18(12-13,16(20)22-10-4-2)17(21)23-15-8-6-14(19)7-9-15/h3-4,6-9,13H,1-2,5,10-12,19H2. The van der Waals surface area contributed by atoms with Gasteiger partial charge in [0.15, 0.2) is 5.41 Å². The summed E-state index contributed by atoms with van der Waals surface area (Å²) in [4.78, 5) is 24.9.